The number of pyridine rings is 1. The van der Waals surface area contributed by atoms with Gasteiger partial charge in [-0.25, -0.2) is 4.79 Å². The van der Waals surface area contributed by atoms with Gasteiger partial charge in [-0.15, -0.1) is 0 Å². The van der Waals surface area contributed by atoms with Gasteiger partial charge in [0.15, 0.2) is 0 Å². The van der Waals surface area contributed by atoms with Crippen LogP contribution < -0.4 is 4.74 Å². The summed E-state index contributed by atoms with van der Waals surface area (Å²) in [5.41, 5.74) is 2.88. The summed E-state index contributed by atoms with van der Waals surface area (Å²) in [7, 11) is 1.60. The molecular formula is C18H20N2O3. The Labute approximate surface area is 135 Å². The number of carboxylic acid groups (broad SMARTS) is 1. The van der Waals surface area contributed by atoms with Crippen LogP contribution in [-0.4, -0.2) is 40.3 Å². The number of benzene rings is 1. The molecule has 1 aromatic heterocycles. The Balaban J connectivity index is 1.73. The third kappa shape index (κ3) is 3.28. The molecule has 0 atom stereocenters. The number of ether oxygens (including phenoxy) is 1. The lowest BCUT2D eigenvalue weighted by atomic mass is 10.1. The summed E-state index contributed by atoms with van der Waals surface area (Å²) < 4.78 is 5.83. The van der Waals surface area contributed by atoms with Crippen LogP contribution in [0.15, 0.2) is 42.7 Å². The van der Waals surface area contributed by atoms with Crippen molar-refractivity contribution in [2.75, 3.05) is 13.7 Å². The number of carbonyl (C=O) groups is 1. The number of hydrogen-bond donors (Lipinski definition) is 1. The minimum absolute atomic E-state index is 0.356. The number of likely N-dealkylation sites (N-methyl/N-ethyl adjacent to an activating group) is 1. The molecule has 2 aromatic rings. The van der Waals surface area contributed by atoms with Crippen LogP contribution in [0.4, 0.5) is 4.79 Å². The minimum atomic E-state index is -0.919. The van der Waals surface area contributed by atoms with Gasteiger partial charge >= 0.3 is 6.09 Å². The average Bonchev–Trinajstić information content (AvgIpc) is 3.33. The minimum Gasteiger partial charge on any atom is -0.490 e. The lowest BCUT2D eigenvalue weighted by Gasteiger charge is -2.25. The molecule has 0 bridgehead atoms. The van der Waals surface area contributed by atoms with Gasteiger partial charge in [0.25, 0.3) is 0 Å². The fourth-order valence-corrected chi connectivity index (χ4v) is 2.62. The predicted molar refractivity (Wildman–Crippen MR) is 87.7 cm³/mol. The van der Waals surface area contributed by atoms with E-state index in [1.165, 1.54) is 10.5 Å². The standard InChI is InChI=1S/C18H20N2O3/c1-13-4-3-5-14(8-13)15-9-16(11-19-10-15)23-12-18(6-7-18)20(2)17(21)22/h3-5,8-11H,6-7,12H2,1-2H3,(H,21,22). The third-order valence-electron chi connectivity index (χ3n) is 4.40. The lowest BCUT2D eigenvalue weighted by molar-refractivity contribution is 0.109. The molecule has 1 N–H and O–H groups in total. The van der Waals surface area contributed by atoms with E-state index in [-0.39, 0.29) is 5.54 Å². The number of aryl methyl sites for hydroxylation is 1. The van der Waals surface area contributed by atoms with E-state index in [1.54, 1.807) is 19.4 Å². The van der Waals surface area contributed by atoms with E-state index >= 15 is 0 Å². The van der Waals surface area contributed by atoms with Crippen LogP contribution >= 0.6 is 0 Å². The number of amides is 1. The molecule has 3 rings (SSSR count). The van der Waals surface area contributed by atoms with Crippen molar-refractivity contribution in [2.45, 2.75) is 25.3 Å². The summed E-state index contributed by atoms with van der Waals surface area (Å²) in [4.78, 5) is 16.7. The summed E-state index contributed by atoms with van der Waals surface area (Å²) in [5, 5.41) is 9.13. The maximum atomic E-state index is 11.1. The molecule has 1 amide bonds. The first-order valence-electron chi connectivity index (χ1n) is 7.62. The summed E-state index contributed by atoms with van der Waals surface area (Å²) in [6.07, 6.45) is 4.22. The summed E-state index contributed by atoms with van der Waals surface area (Å²) in [5.74, 6) is 0.661. The van der Waals surface area contributed by atoms with Gasteiger partial charge in [0.05, 0.1) is 11.7 Å². The monoisotopic (exact) mass is 312 g/mol. The van der Waals surface area contributed by atoms with Gasteiger partial charge in [0.1, 0.15) is 12.4 Å². The summed E-state index contributed by atoms with van der Waals surface area (Å²) in [6, 6.07) is 10.1. The van der Waals surface area contributed by atoms with E-state index in [0.717, 1.165) is 24.0 Å². The van der Waals surface area contributed by atoms with Gasteiger partial charge in [-0.2, -0.15) is 0 Å². The SMILES string of the molecule is Cc1cccc(-c2cncc(OCC3(N(C)C(=O)O)CC3)c2)c1. The van der Waals surface area contributed by atoms with Crippen LogP contribution in [0.2, 0.25) is 0 Å². The van der Waals surface area contributed by atoms with Crippen molar-refractivity contribution in [3.63, 3.8) is 0 Å². The normalized spacial score (nSPS) is 15.0. The second-order valence-corrected chi connectivity index (χ2v) is 6.13. The quantitative estimate of drug-likeness (QED) is 0.916. The Kier molecular flexibility index (Phi) is 3.94. The first-order chi connectivity index (χ1) is 11.0. The Morgan fingerprint density at radius 3 is 2.74 bits per heavy atom. The summed E-state index contributed by atoms with van der Waals surface area (Å²) >= 11 is 0. The second-order valence-electron chi connectivity index (χ2n) is 6.13. The Morgan fingerprint density at radius 1 is 1.30 bits per heavy atom. The molecule has 1 heterocycles. The molecule has 1 saturated carbocycles. The molecular weight excluding hydrogens is 292 g/mol. The smallest absolute Gasteiger partial charge is 0.407 e. The van der Waals surface area contributed by atoms with E-state index < -0.39 is 6.09 Å². The molecule has 0 unspecified atom stereocenters. The van der Waals surface area contributed by atoms with Gasteiger partial charge in [-0.05, 0) is 31.4 Å². The number of aromatic nitrogens is 1. The third-order valence-corrected chi connectivity index (χ3v) is 4.40. The van der Waals surface area contributed by atoms with Crippen molar-refractivity contribution in [3.05, 3.63) is 48.3 Å². The highest BCUT2D eigenvalue weighted by Crippen LogP contribution is 2.41. The van der Waals surface area contributed by atoms with E-state index in [4.69, 9.17) is 9.84 Å². The molecule has 1 fully saturated rings. The van der Waals surface area contributed by atoms with E-state index in [9.17, 15) is 4.79 Å². The first-order valence-corrected chi connectivity index (χ1v) is 7.62. The molecule has 0 radical (unpaired) electrons. The van der Waals surface area contributed by atoms with Crippen LogP contribution in [0.1, 0.15) is 18.4 Å². The molecule has 0 saturated heterocycles. The molecule has 1 aliphatic carbocycles. The van der Waals surface area contributed by atoms with Crippen LogP contribution in [-0.2, 0) is 0 Å². The molecule has 5 nitrogen and oxygen atoms in total. The highest BCUT2D eigenvalue weighted by Gasteiger charge is 2.49. The van der Waals surface area contributed by atoms with E-state index in [2.05, 4.69) is 24.0 Å². The Hall–Kier alpha value is -2.56. The number of rotatable bonds is 5. The Morgan fingerprint density at radius 2 is 2.09 bits per heavy atom. The molecule has 23 heavy (non-hydrogen) atoms. The molecule has 0 aliphatic heterocycles. The van der Waals surface area contributed by atoms with Gasteiger partial charge in [0.2, 0.25) is 0 Å². The molecule has 5 heteroatoms. The molecule has 0 spiro atoms. The van der Waals surface area contributed by atoms with E-state index in [0.29, 0.717) is 12.4 Å². The van der Waals surface area contributed by atoms with Gasteiger partial charge in [-0.3, -0.25) is 4.98 Å². The highest BCUT2D eigenvalue weighted by atomic mass is 16.5. The van der Waals surface area contributed by atoms with Crippen LogP contribution in [0.5, 0.6) is 5.75 Å². The van der Waals surface area contributed by atoms with E-state index in [1.807, 2.05) is 18.2 Å². The zero-order valence-corrected chi connectivity index (χ0v) is 13.3. The number of nitrogens with zero attached hydrogens (tertiary/aromatic N) is 2. The van der Waals surface area contributed by atoms with Crippen molar-refractivity contribution in [1.29, 1.82) is 0 Å². The first kappa shape index (κ1) is 15.3. The fraction of sp³-hybridized carbons (Fsp3) is 0.333. The highest BCUT2D eigenvalue weighted by molar-refractivity contribution is 5.66. The molecule has 1 aliphatic rings. The molecule has 120 valence electrons. The van der Waals surface area contributed by atoms with Crippen LogP contribution in [0.3, 0.4) is 0 Å². The van der Waals surface area contributed by atoms with Crippen molar-refractivity contribution in [2.24, 2.45) is 0 Å². The molecule has 1 aromatic carbocycles. The maximum absolute atomic E-state index is 11.1. The number of hydrogen-bond acceptors (Lipinski definition) is 3. The topological polar surface area (TPSA) is 62.7 Å². The van der Waals surface area contributed by atoms with Crippen molar-refractivity contribution >= 4 is 6.09 Å². The lowest BCUT2D eigenvalue weighted by Crippen LogP contribution is -2.42. The van der Waals surface area contributed by atoms with Crippen molar-refractivity contribution in [1.82, 2.24) is 9.88 Å². The van der Waals surface area contributed by atoms with Crippen molar-refractivity contribution < 1.29 is 14.6 Å². The second kappa shape index (κ2) is 5.91. The maximum Gasteiger partial charge on any atom is 0.407 e. The van der Waals surface area contributed by atoms with Crippen molar-refractivity contribution in [3.8, 4) is 16.9 Å². The van der Waals surface area contributed by atoms with Crippen LogP contribution in [0.25, 0.3) is 11.1 Å². The zero-order valence-electron chi connectivity index (χ0n) is 13.3. The zero-order chi connectivity index (χ0) is 16.4. The average molecular weight is 312 g/mol. The summed E-state index contributed by atoms with van der Waals surface area (Å²) in [6.45, 7) is 2.41. The largest absolute Gasteiger partial charge is 0.490 e. The predicted octanol–water partition coefficient (Wildman–Crippen LogP) is 3.58. The van der Waals surface area contributed by atoms with Gasteiger partial charge < -0.3 is 14.7 Å². The van der Waals surface area contributed by atoms with Gasteiger partial charge in [-0.1, -0.05) is 29.8 Å². The Bertz CT molecular complexity index is 726. The van der Waals surface area contributed by atoms with Crippen LogP contribution in [0, 0.1) is 6.92 Å². The fourth-order valence-electron chi connectivity index (χ4n) is 2.62. The van der Waals surface area contributed by atoms with Gasteiger partial charge in [0, 0.05) is 18.8 Å².